The number of hydrogen-bond donors (Lipinski definition) is 1. The predicted molar refractivity (Wildman–Crippen MR) is 76.4 cm³/mol. The van der Waals surface area contributed by atoms with Gasteiger partial charge in [-0.15, -0.1) is 0 Å². The Morgan fingerprint density at radius 2 is 2.11 bits per heavy atom. The molecule has 1 aromatic carbocycles. The van der Waals surface area contributed by atoms with E-state index in [1.807, 2.05) is 18.2 Å². The van der Waals surface area contributed by atoms with Crippen molar-refractivity contribution in [3.05, 3.63) is 64.1 Å². The molecule has 1 N–H and O–H groups in total. The van der Waals surface area contributed by atoms with Gasteiger partial charge in [0.05, 0.1) is 6.10 Å². The van der Waals surface area contributed by atoms with Crippen LogP contribution in [0.4, 0.5) is 4.39 Å². The second-order valence-electron chi connectivity index (χ2n) is 4.45. The predicted octanol–water partition coefficient (Wildman–Crippen LogP) is 3.52. The van der Waals surface area contributed by atoms with E-state index in [2.05, 4.69) is 20.9 Å². The first kappa shape index (κ1) is 14.2. The minimum absolute atomic E-state index is 0.279. The van der Waals surface area contributed by atoms with Crippen molar-refractivity contribution in [3.63, 3.8) is 0 Å². The van der Waals surface area contributed by atoms with Crippen molar-refractivity contribution in [3.8, 4) is 0 Å². The molecular weight excluding hydrogens is 309 g/mol. The molecule has 0 aliphatic rings. The third-order valence-corrected chi connectivity index (χ3v) is 3.67. The average Bonchev–Trinajstić information content (AvgIpc) is 2.41. The van der Waals surface area contributed by atoms with Gasteiger partial charge in [-0.3, -0.25) is 4.98 Å². The monoisotopic (exact) mass is 323 g/mol. The normalized spacial score (nSPS) is 12.4. The molecule has 1 atom stereocenters. The molecule has 0 saturated heterocycles. The second-order valence-corrected chi connectivity index (χ2v) is 5.31. The van der Waals surface area contributed by atoms with Crippen molar-refractivity contribution in [2.75, 3.05) is 0 Å². The molecule has 1 unspecified atom stereocenters. The maximum absolute atomic E-state index is 13.0. The van der Waals surface area contributed by atoms with Crippen LogP contribution < -0.4 is 0 Å². The standard InChI is InChI=1S/C15H15BrFNO/c16-15-10-12(17)5-4-11(15)9-14(19)7-6-13-3-1-2-8-18-13/h1-5,8,10,14,19H,6-7,9H2. The van der Waals surface area contributed by atoms with Crippen molar-refractivity contribution in [2.45, 2.75) is 25.4 Å². The fourth-order valence-corrected chi connectivity index (χ4v) is 2.42. The van der Waals surface area contributed by atoms with E-state index >= 15 is 0 Å². The number of aliphatic hydroxyl groups excluding tert-OH is 1. The first-order valence-corrected chi connectivity index (χ1v) is 6.96. The quantitative estimate of drug-likeness (QED) is 0.913. The van der Waals surface area contributed by atoms with E-state index in [9.17, 15) is 9.50 Å². The van der Waals surface area contributed by atoms with Crippen molar-refractivity contribution in [2.24, 2.45) is 0 Å². The van der Waals surface area contributed by atoms with Gasteiger partial charge in [0.15, 0.2) is 0 Å². The lowest BCUT2D eigenvalue weighted by molar-refractivity contribution is 0.164. The Balaban J connectivity index is 1.89. The number of aryl methyl sites for hydroxylation is 1. The SMILES string of the molecule is OC(CCc1ccccn1)Cc1ccc(F)cc1Br. The molecule has 1 aromatic heterocycles. The number of benzene rings is 1. The van der Waals surface area contributed by atoms with Crippen LogP contribution >= 0.6 is 15.9 Å². The number of halogens is 2. The minimum atomic E-state index is -0.455. The first-order chi connectivity index (χ1) is 9.15. The van der Waals surface area contributed by atoms with Crippen LogP contribution in [-0.4, -0.2) is 16.2 Å². The number of pyridine rings is 1. The number of nitrogens with zero attached hydrogens (tertiary/aromatic N) is 1. The molecule has 2 rings (SSSR count). The second kappa shape index (κ2) is 6.78. The highest BCUT2D eigenvalue weighted by Crippen LogP contribution is 2.20. The van der Waals surface area contributed by atoms with Gasteiger partial charge in [-0.1, -0.05) is 28.1 Å². The summed E-state index contributed by atoms with van der Waals surface area (Å²) in [5.41, 5.74) is 1.88. The lowest BCUT2D eigenvalue weighted by Gasteiger charge is -2.11. The van der Waals surface area contributed by atoms with Crippen LogP contribution in [0.15, 0.2) is 47.1 Å². The van der Waals surface area contributed by atoms with Gasteiger partial charge < -0.3 is 5.11 Å². The molecule has 0 saturated carbocycles. The Bertz CT molecular complexity index is 533. The summed E-state index contributed by atoms with van der Waals surface area (Å²) >= 11 is 3.31. The van der Waals surface area contributed by atoms with Crippen molar-refractivity contribution < 1.29 is 9.50 Å². The highest BCUT2D eigenvalue weighted by molar-refractivity contribution is 9.10. The van der Waals surface area contributed by atoms with Crippen LogP contribution in [0.5, 0.6) is 0 Å². The molecule has 0 radical (unpaired) electrons. The molecule has 0 aliphatic heterocycles. The average molecular weight is 324 g/mol. The van der Waals surface area contributed by atoms with E-state index < -0.39 is 6.10 Å². The van der Waals surface area contributed by atoms with E-state index in [0.717, 1.165) is 17.7 Å². The molecule has 2 nitrogen and oxygen atoms in total. The fourth-order valence-electron chi connectivity index (χ4n) is 1.90. The third-order valence-electron chi connectivity index (χ3n) is 2.93. The van der Waals surface area contributed by atoms with E-state index in [1.165, 1.54) is 12.1 Å². The molecule has 1 heterocycles. The van der Waals surface area contributed by atoms with Gasteiger partial charge in [-0.2, -0.15) is 0 Å². The Morgan fingerprint density at radius 3 is 2.79 bits per heavy atom. The summed E-state index contributed by atoms with van der Waals surface area (Å²) in [6, 6.07) is 10.3. The lowest BCUT2D eigenvalue weighted by atomic mass is 10.0. The number of aromatic nitrogens is 1. The van der Waals surface area contributed by atoms with Crippen molar-refractivity contribution >= 4 is 15.9 Å². The molecule has 0 spiro atoms. The maximum atomic E-state index is 13.0. The number of rotatable bonds is 5. The molecule has 0 bridgehead atoms. The zero-order chi connectivity index (χ0) is 13.7. The maximum Gasteiger partial charge on any atom is 0.124 e. The molecule has 100 valence electrons. The largest absolute Gasteiger partial charge is 0.393 e. The van der Waals surface area contributed by atoms with Crippen LogP contribution in [-0.2, 0) is 12.8 Å². The Labute approximate surface area is 120 Å². The van der Waals surface area contributed by atoms with Gasteiger partial charge in [-0.05, 0) is 49.1 Å². The third kappa shape index (κ3) is 4.40. The summed E-state index contributed by atoms with van der Waals surface area (Å²) in [6.45, 7) is 0. The zero-order valence-electron chi connectivity index (χ0n) is 10.4. The van der Waals surface area contributed by atoms with Crippen LogP contribution in [0.25, 0.3) is 0 Å². The molecular formula is C15H15BrFNO. The minimum Gasteiger partial charge on any atom is -0.393 e. The highest BCUT2D eigenvalue weighted by Gasteiger charge is 2.09. The summed E-state index contributed by atoms with van der Waals surface area (Å²) < 4.78 is 13.7. The van der Waals surface area contributed by atoms with Gasteiger partial charge in [0.1, 0.15) is 5.82 Å². The van der Waals surface area contributed by atoms with E-state index in [0.29, 0.717) is 17.3 Å². The Kier molecular flexibility index (Phi) is 5.05. The number of hydrogen-bond acceptors (Lipinski definition) is 2. The van der Waals surface area contributed by atoms with Crippen LogP contribution in [0, 0.1) is 5.82 Å². The summed E-state index contributed by atoms with van der Waals surface area (Å²) in [5.74, 6) is -0.279. The summed E-state index contributed by atoms with van der Waals surface area (Å²) in [4.78, 5) is 4.22. The molecule has 19 heavy (non-hydrogen) atoms. The fraction of sp³-hybridized carbons (Fsp3) is 0.267. The van der Waals surface area contributed by atoms with Gasteiger partial charge in [0, 0.05) is 16.4 Å². The summed E-state index contributed by atoms with van der Waals surface area (Å²) in [6.07, 6.45) is 3.18. The molecule has 0 amide bonds. The Morgan fingerprint density at radius 1 is 1.26 bits per heavy atom. The van der Waals surface area contributed by atoms with Gasteiger partial charge >= 0.3 is 0 Å². The van der Waals surface area contributed by atoms with Crippen LogP contribution in [0.3, 0.4) is 0 Å². The molecule has 2 aromatic rings. The summed E-state index contributed by atoms with van der Waals surface area (Å²) in [5, 5.41) is 10.0. The van der Waals surface area contributed by atoms with Crippen molar-refractivity contribution in [1.29, 1.82) is 0 Å². The Hall–Kier alpha value is -1.26. The number of aliphatic hydroxyl groups is 1. The van der Waals surface area contributed by atoms with Gasteiger partial charge in [0.2, 0.25) is 0 Å². The molecule has 0 aliphatic carbocycles. The van der Waals surface area contributed by atoms with E-state index in [4.69, 9.17) is 0 Å². The van der Waals surface area contributed by atoms with E-state index in [-0.39, 0.29) is 5.82 Å². The lowest BCUT2D eigenvalue weighted by Crippen LogP contribution is -2.12. The molecule has 0 fully saturated rings. The smallest absolute Gasteiger partial charge is 0.124 e. The van der Waals surface area contributed by atoms with Crippen LogP contribution in [0.2, 0.25) is 0 Å². The topological polar surface area (TPSA) is 33.1 Å². The molecule has 4 heteroatoms. The highest BCUT2D eigenvalue weighted by atomic mass is 79.9. The van der Waals surface area contributed by atoms with E-state index in [1.54, 1.807) is 12.3 Å². The first-order valence-electron chi connectivity index (χ1n) is 6.17. The van der Waals surface area contributed by atoms with Crippen molar-refractivity contribution in [1.82, 2.24) is 4.98 Å². The summed E-state index contributed by atoms with van der Waals surface area (Å²) in [7, 11) is 0. The van der Waals surface area contributed by atoms with Gasteiger partial charge in [0.25, 0.3) is 0 Å². The van der Waals surface area contributed by atoms with Gasteiger partial charge in [-0.25, -0.2) is 4.39 Å². The van der Waals surface area contributed by atoms with Crippen LogP contribution in [0.1, 0.15) is 17.7 Å². The zero-order valence-corrected chi connectivity index (χ0v) is 12.0.